The third kappa shape index (κ3) is 3.91. The smallest absolute Gasteiger partial charge is 0.258 e. The van der Waals surface area contributed by atoms with Gasteiger partial charge >= 0.3 is 0 Å². The number of halogens is 1. The molecule has 0 atom stereocenters. The molecule has 0 aliphatic carbocycles. The number of benzene rings is 1. The van der Waals surface area contributed by atoms with Gasteiger partial charge in [-0.15, -0.1) is 11.3 Å². The summed E-state index contributed by atoms with van der Waals surface area (Å²) in [5, 5.41) is 2.01. The maximum Gasteiger partial charge on any atom is 0.258 e. The van der Waals surface area contributed by atoms with Crippen molar-refractivity contribution in [1.82, 2.24) is 14.3 Å². The molecule has 1 saturated heterocycles. The number of Topliss-reactive ketones (excluding diaryl/α,β-unsaturated/α-hetero) is 1. The normalized spacial score (nSPS) is 15.9. The van der Waals surface area contributed by atoms with E-state index in [2.05, 4.69) is 9.88 Å². The summed E-state index contributed by atoms with van der Waals surface area (Å²) in [7, 11) is 0. The topological polar surface area (TPSA) is 54.7 Å². The molecule has 3 aromatic rings. The summed E-state index contributed by atoms with van der Waals surface area (Å²) < 4.78 is 14.7. The largest absolute Gasteiger partial charge is 0.303 e. The van der Waals surface area contributed by atoms with Crippen molar-refractivity contribution in [2.75, 3.05) is 19.6 Å². The van der Waals surface area contributed by atoms with E-state index >= 15 is 0 Å². The Morgan fingerprint density at radius 2 is 1.96 bits per heavy atom. The number of carbonyl (C=O) groups is 1. The highest BCUT2D eigenvalue weighted by atomic mass is 32.1. The average Bonchev–Trinajstić information content (AvgIpc) is 3.10. The molecule has 1 aromatic carbocycles. The van der Waals surface area contributed by atoms with Crippen LogP contribution in [0.15, 0.2) is 40.5 Å². The minimum Gasteiger partial charge on any atom is -0.303 e. The number of thiazole rings is 1. The number of aryl methyl sites for hydroxylation is 1. The lowest BCUT2D eigenvalue weighted by Crippen LogP contribution is -2.37. The van der Waals surface area contributed by atoms with E-state index in [0.717, 1.165) is 55.2 Å². The molecule has 0 unspecified atom stereocenters. The molecule has 0 bridgehead atoms. The first-order valence-electron chi connectivity index (χ1n) is 9.50. The molecule has 7 heteroatoms. The zero-order chi connectivity index (χ0) is 19.7. The number of nitrogens with zero attached hydrogens (tertiary/aromatic N) is 3. The number of rotatable bonds is 5. The van der Waals surface area contributed by atoms with Gasteiger partial charge in [0.1, 0.15) is 5.82 Å². The Labute approximate surface area is 166 Å². The maximum absolute atomic E-state index is 13.0. The van der Waals surface area contributed by atoms with Gasteiger partial charge in [-0.25, -0.2) is 9.37 Å². The van der Waals surface area contributed by atoms with Crippen molar-refractivity contribution in [3.8, 4) is 0 Å². The SMILES string of the molecule is Cc1cc(=O)n2c(CCN3CCC(C(=O)c4ccc(F)cc4)CC3)csc2n1. The summed E-state index contributed by atoms with van der Waals surface area (Å²) in [5.74, 6) is -0.216. The third-order valence-corrected chi connectivity index (χ3v) is 6.25. The van der Waals surface area contributed by atoms with E-state index in [1.165, 1.54) is 23.5 Å². The van der Waals surface area contributed by atoms with E-state index in [9.17, 15) is 14.0 Å². The van der Waals surface area contributed by atoms with Crippen molar-refractivity contribution in [1.29, 1.82) is 0 Å². The van der Waals surface area contributed by atoms with E-state index < -0.39 is 0 Å². The van der Waals surface area contributed by atoms with Gasteiger partial charge in [0, 0.05) is 47.3 Å². The van der Waals surface area contributed by atoms with Crippen molar-refractivity contribution < 1.29 is 9.18 Å². The molecule has 1 fully saturated rings. The Morgan fingerprint density at radius 3 is 2.68 bits per heavy atom. The van der Waals surface area contributed by atoms with Crippen LogP contribution in [0.5, 0.6) is 0 Å². The monoisotopic (exact) mass is 399 g/mol. The van der Waals surface area contributed by atoms with Crippen LogP contribution >= 0.6 is 11.3 Å². The lowest BCUT2D eigenvalue weighted by Gasteiger charge is -2.31. The van der Waals surface area contributed by atoms with Gasteiger partial charge in [0.05, 0.1) is 0 Å². The fourth-order valence-electron chi connectivity index (χ4n) is 3.80. The number of ketones is 1. The highest BCUT2D eigenvalue weighted by molar-refractivity contribution is 7.15. The molecule has 0 radical (unpaired) electrons. The van der Waals surface area contributed by atoms with Gasteiger partial charge in [0.25, 0.3) is 5.56 Å². The maximum atomic E-state index is 13.0. The fourth-order valence-corrected chi connectivity index (χ4v) is 4.77. The van der Waals surface area contributed by atoms with Crippen LogP contribution in [0.25, 0.3) is 4.96 Å². The Morgan fingerprint density at radius 1 is 1.25 bits per heavy atom. The molecule has 3 heterocycles. The molecule has 0 spiro atoms. The van der Waals surface area contributed by atoms with E-state index in [4.69, 9.17) is 0 Å². The van der Waals surface area contributed by atoms with Crippen molar-refractivity contribution in [2.24, 2.45) is 5.92 Å². The van der Waals surface area contributed by atoms with Gasteiger partial charge in [0.2, 0.25) is 0 Å². The van der Waals surface area contributed by atoms with Gasteiger partial charge in [-0.1, -0.05) is 0 Å². The fraction of sp³-hybridized carbons (Fsp3) is 0.381. The summed E-state index contributed by atoms with van der Waals surface area (Å²) in [5.41, 5.74) is 2.29. The molecule has 2 aromatic heterocycles. The number of piperidine rings is 1. The summed E-state index contributed by atoms with van der Waals surface area (Å²) >= 11 is 1.49. The minimum absolute atomic E-state index is 0.00140. The number of hydrogen-bond acceptors (Lipinski definition) is 5. The van der Waals surface area contributed by atoms with Gasteiger partial charge in [-0.2, -0.15) is 0 Å². The first kappa shape index (κ1) is 19.0. The summed E-state index contributed by atoms with van der Waals surface area (Å²) in [6, 6.07) is 7.38. The van der Waals surface area contributed by atoms with Crippen molar-refractivity contribution in [3.05, 3.63) is 68.8 Å². The first-order chi connectivity index (χ1) is 13.5. The van der Waals surface area contributed by atoms with Crippen molar-refractivity contribution >= 4 is 22.1 Å². The summed E-state index contributed by atoms with van der Waals surface area (Å²) in [4.78, 5) is 32.4. The Bertz CT molecular complexity index is 1050. The molecular weight excluding hydrogens is 377 g/mol. The molecule has 5 nitrogen and oxygen atoms in total. The average molecular weight is 399 g/mol. The standard InChI is InChI=1S/C21H22FN3O2S/c1-14-12-19(26)25-18(13-28-21(25)23-14)8-11-24-9-6-16(7-10-24)20(27)15-2-4-17(22)5-3-15/h2-5,12-13,16H,6-11H2,1H3. The Balaban J connectivity index is 1.34. The van der Waals surface area contributed by atoms with E-state index in [1.807, 2.05) is 12.3 Å². The summed E-state index contributed by atoms with van der Waals surface area (Å²) in [6.45, 7) is 4.39. The molecule has 1 aliphatic rings. The van der Waals surface area contributed by atoms with Gasteiger partial charge < -0.3 is 4.90 Å². The molecule has 1 aliphatic heterocycles. The summed E-state index contributed by atoms with van der Waals surface area (Å²) in [6.07, 6.45) is 2.39. The second-order valence-electron chi connectivity index (χ2n) is 7.32. The predicted molar refractivity (Wildman–Crippen MR) is 108 cm³/mol. The molecule has 4 rings (SSSR count). The van der Waals surface area contributed by atoms with Crippen LogP contribution in [0.2, 0.25) is 0 Å². The lowest BCUT2D eigenvalue weighted by atomic mass is 9.89. The number of aromatic nitrogens is 2. The molecule has 0 amide bonds. The zero-order valence-electron chi connectivity index (χ0n) is 15.7. The number of carbonyl (C=O) groups excluding carboxylic acids is 1. The van der Waals surface area contributed by atoms with Crippen LogP contribution in [0.1, 0.15) is 34.6 Å². The lowest BCUT2D eigenvalue weighted by molar-refractivity contribution is 0.0841. The van der Waals surface area contributed by atoms with Crippen LogP contribution in [-0.4, -0.2) is 39.7 Å². The number of likely N-dealkylation sites (tertiary alicyclic amines) is 1. The van der Waals surface area contributed by atoms with E-state index in [1.54, 1.807) is 22.6 Å². The van der Waals surface area contributed by atoms with Crippen LogP contribution in [0.4, 0.5) is 4.39 Å². The first-order valence-corrected chi connectivity index (χ1v) is 10.4. The Hall–Kier alpha value is -2.38. The quantitative estimate of drug-likeness (QED) is 0.618. The number of fused-ring (bicyclic) bond motifs is 1. The van der Waals surface area contributed by atoms with Gasteiger partial charge in [0.15, 0.2) is 10.7 Å². The minimum atomic E-state index is -0.322. The molecule has 0 saturated carbocycles. The predicted octanol–water partition coefficient (Wildman–Crippen LogP) is 3.34. The second-order valence-corrected chi connectivity index (χ2v) is 8.15. The number of hydrogen-bond donors (Lipinski definition) is 0. The molecular formula is C21H22FN3O2S. The van der Waals surface area contributed by atoms with Crippen LogP contribution in [-0.2, 0) is 6.42 Å². The van der Waals surface area contributed by atoms with Crippen molar-refractivity contribution in [3.63, 3.8) is 0 Å². The third-order valence-electron chi connectivity index (χ3n) is 5.37. The van der Waals surface area contributed by atoms with Crippen LogP contribution in [0.3, 0.4) is 0 Å². The highest BCUT2D eigenvalue weighted by Crippen LogP contribution is 2.22. The van der Waals surface area contributed by atoms with E-state index in [0.29, 0.717) is 5.56 Å². The molecule has 0 N–H and O–H groups in total. The van der Waals surface area contributed by atoms with Gasteiger partial charge in [-0.05, 0) is 57.1 Å². The van der Waals surface area contributed by atoms with Crippen molar-refractivity contribution in [2.45, 2.75) is 26.2 Å². The second kappa shape index (κ2) is 7.93. The van der Waals surface area contributed by atoms with Crippen LogP contribution < -0.4 is 5.56 Å². The van der Waals surface area contributed by atoms with E-state index in [-0.39, 0.29) is 23.1 Å². The van der Waals surface area contributed by atoms with Crippen LogP contribution in [0, 0.1) is 18.7 Å². The zero-order valence-corrected chi connectivity index (χ0v) is 16.5. The molecule has 28 heavy (non-hydrogen) atoms. The molecule has 146 valence electrons. The Kier molecular flexibility index (Phi) is 5.37. The highest BCUT2D eigenvalue weighted by Gasteiger charge is 2.25. The van der Waals surface area contributed by atoms with Gasteiger partial charge in [-0.3, -0.25) is 14.0 Å².